The van der Waals surface area contributed by atoms with E-state index in [2.05, 4.69) is 10.2 Å². The van der Waals surface area contributed by atoms with Gasteiger partial charge in [0.15, 0.2) is 0 Å². The SMILES string of the molecule is COc1cc([N+](=O)[O-])ccc1NC(=O)CN1CCN(C(c2ccc(F)cc2)c2ccc(F)cc2)CC1. The molecule has 0 unspecified atom stereocenters. The molecule has 3 aromatic carbocycles. The van der Waals surface area contributed by atoms with Crippen LogP contribution in [0, 0.1) is 21.7 Å². The van der Waals surface area contributed by atoms with Gasteiger partial charge in [-0.2, -0.15) is 0 Å². The zero-order valence-electron chi connectivity index (χ0n) is 19.7. The maximum Gasteiger partial charge on any atom is 0.273 e. The summed E-state index contributed by atoms with van der Waals surface area (Å²) in [6.45, 7) is 2.67. The van der Waals surface area contributed by atoms with Gasteiger partial charge in [-0.3, -0.25) is 24.7 Å². The molecule has 36 heavy (non-hydrogen) atoms. The number of rotatable bonds is 8. The van der Waals surface area contributed by atoms with E-state index in [1.54, 1.807) is 24.3 Å². The number of carbonyl (C=O) groups excluding carboxylic acids is 1. The molecule has 3 aromatic rings. The Morgan fingerprint density at radius 2 is 1.53 bits per heavy atom. The highest BCUT2D eigenvalue weighted by Crippen LogP contribution is 2.31. The predicted molar refractivity (Wildman–Crippen MR) is 131 cm³/mol. The molecule has 0 atom stereocenters. The van der Waals surface area contributed by atoms with Gasteiger partial charge >= 0.3 is 0 Å². The van der Waals surface area contributed by atoms with Crippen molar-refractivity contribution >= 4 is 17.3 Å². The molecule has 0 aliphatic carbocycles. The molecule has 1 heterocycles. The van der Waals surface area contributed by atoms with Crippen molar-refractivity contribution in [2.75, 3.05) is 45.2 Å². The van der Waals surface area contributed by atoms with Gasteiger partial charge in [-0.05, 0) is 41.5 Å². The summed E-state index contributed by atoms with van der Waals surface area (Å²) >= 11 is 0. The minimum atomic E-state index is -0.529. The lowest BCUT2D eigenvalue weighted by molar-refractivity contribution is -0.384. The van der Waals surface area contributed by atoms with Crippen LogP contribution in [0.2, 0.25) is 0 Å². The van der Waals surface area contributed by atoms with Crippen LogP contribution in [0.5, 0.6) is 5.75 Å². The number of methoxy groups -OCH3 is 1. The van der Waals surface area contributed by atoms with E-state index in [1.165, 1.54) is 49.6 Å². The number of non-ortho nitro benzene ring substituents is 1. The van der Waals surface area contributed by atoms with Crippen LogP contribution in [0.25, 0.3) is 0 Å². The van der Waals surface area contributed by atoms with Crippen molar-refractivity contribution in [2.24, 2.45) is 0 Å². The van der Waals surface area contributed by atoms with Gasteiger partial charge in [0, 0.05) is 32.2 Å². The van der Waals surface area contributed by atoms with Gasteiger partial charge in [0.05, 0.1) is 36.4 Å². The summed E-state index contributed by atoms with van der Waals surface area (Å²) in [6, 6.07) is 16.5. The first kappa shape index (κ1) is 25.2. The Labute approximate surface area is 207 Å². The van der Waals surface area contributed by atoms with Gasteiger partial charge in [-0.25, -0.2) is 8.78 Å². The summed E-state index contributed by atoms with van der Waals surface area (Å²) in [6.07, 6.45) is 0. The second-order valence-corrected chi connectivity index (χ2v) is 8.51. The molecule has 1 aliphatic heterocycles. The monoisotopic (exact) mass is 496 g/mol. The Morgan fingerprint density at radius 3 is 2.03 bits per heavy atom. The molecule has 188 valence electrons. The van der Waals surface area contributed by atoms with Crippen LogP contribution < -0.4 is 10.1 Å². The van der Waals surface area contributed by atoms with E-state index in [1.807, 2.05) is 4.90 Å². The van der Waals surface area contributed by atoms with E-state index >= 15 is 0 Å². The molecule has 1 amide bonds. The highest BCUT2D eigenvalue weighted by atomic mass is 19.1. The summed E-state index contributed by atoms with van der Waals surface area (Å²) in [4.78, 5) is 27.3. The van der Waals surface area contributed by atoms with Crippen molar-refractivity contribution in [2.45, 2.75) is 6.04 Å². The number of hydrogen-bond acceptors (Lipinski definition) is 6. The first-order valence-corrected chi connectivity index (χ1v) is 11.4. The molecule has 1 aliphatic rings. The average molecular weight is 497 g/mol. The Morgan fingerprint density at radius 1 is 0.972 bits per heavy atom. The smallest absolute Gasteiger partial charge is 0.273 e. The largest absolute Gasteiger partial charge is 0.494 e. The molecule has 0 spiro atoms. The summed E-state index contributed by atoms with van der Waals surface area (Å²) in [5, 5.41) is 13.7. The highest BCUT2D eigenvalue weighted by Gasteiger charge is 2.27. The van der Waals surface area contributed by atoms with Crippen LogP contribution >= 0.6 is 0 Å². The van der Waals surface area contributed by atoms with Gasteiger partial charge < -0.3 is 10.1 Å². The third-order valence-corrected chi connectivity index (χ3v) is 6.18. The summed E-state index contributed by atoms with van der Waals surface area (Å²) in [5.41, 5.74) is 2.04. The fourth-order valence-corrected chi connectivity index (χ4v) is 4.37. The third-order valence-electron chi connectivity index (χ3n) is 6.18. The van der Waals surface area contributed by atoms with Crippen molar-refractivity contribution in [1.29, 1.82) is 0 Å². The molecule has 0 radical (unpaired) electrons. The highest BCUT2D eigenvalue weighted by molar-refractivity contribution is 5.93. The van der Waals surface area contributed by atoms with E-state index in [-0.39, 0.29) is 41.6 Å². The number of nitro groups is 1. The van der Waals surface area contributed by atoms with Crippen molar-refractivity contribution in [3.63, 3.8) is 0 Å². The average Bonchev–Trinajstić information content (AvgIpc) is 2.87. The van der Waals surface area contributed by atoms with Crippen molar-refractivity contribution < 1.29 is 23.2 Å². The van der Waals surface area contributed by atoms with Crippen molar-refractivity contribution in [1.82, 2.24) is 9.80 Å². The number of anilines is 1. The Balaban J connectivity index is 1.40. The molecule has 1 N–H and O–H groups in total. The number of carbonyl (C=O) groups is 1. The first-order valence-electron chi connectivity index (χ1n) is 11.4. The van der Waals surface area contributed by atoms with Gasteiger partial charge in [-0.15, -0.1) is 0 Å². The zero-order valence-corrected chi connectivity index (χ0v) is 19.7. The van der Waals surface area contributed by atoms with Gasteiger partial charge in [0.25, 0.3) is 5.69 Å². The number of nitrogens with one attached hydrogen (secondary N) is 1. The van der Waals surface area contributed by atoms with Crippen molar-refractivity contribution in [3.8, 4) is 5.75 Å². The second kappa shape index (κ2) is 11.2. The lowest BCUT2D eigenvalue weighted by Gasteiger charge is -2.39. The predicted octanol–water partition coefficient (Wildman–Crippen LogP) is 4.23. The Hall–Kier alpha value is -3.89. The van der Waals surface area contributed by atoms with Crippen LogP contribution in [-0.4, -0.2) is 60.5 Å². The third kappa shape index (κ3) is 6.02. The quantitative estimate of drug-likeness (QED) is 0.371. The van der Waals surface area contributed by atoms with E-state index in [9.17, 15) is 23.7 Å². The maximum absolute atomic E-state index is 13.5. The lowest BCUT2D eigenvalue weighted by Crippen LogP contribution is -2.49. The lowest BCUT2D eigenvalue weighted by atomic mass is 9.96. The number of halogens is 2. The van der Waals surface area contributed by atoms with E-state index < -0.39 is 4.92 Å². The topological polar surface area (TPSA) is 87.9 Å². The first-order chi connectivity index (χ1) is 17.3. The fourth-order valence-electron chi connectivity index (χ4n) is 4.37. The number of nitro benzene ring substituents is 1. The maximum atomic E-state index is 13.5. The zero-order chi connectivity index (χ0) is 25.7. The van der Waals surface area contributed by atoms with Crippen LogP contribution in [0.15, 0.2) is 66.7 Å². The molecule has 4 rings (SSSR count). The molecule has 10 heteroatoms. The van der Waals surface area contributed by atoms with Crippen molar-refractivity contribution in [3.05, 3.63) is 99.6 Å². The number of amides is 1. The standard InChI is InChI=1S/C26H26F2N4O4/c1-36-24-16-22(32(34)35)10-11-23(24)29-25(33)17-30-12-14-31(15-13-30)26(18-2-6-20(27)7-3-18)19-4-8-21(28)9-5-19/h2-11,16,26H,12-15,17H2,1H3,(H,29,33). The minimum absolute atomic E-state index is 0.127. The number of hydrogen-bond donors (Lipinski definition) is 1. The molecular formula is C26H26F2N4O4. The number of nitrogens with zero attached hydrogens (tertiary/aromatic N) is 3. The molecule has 8 nitrogen and oxygen atoms in total. The van der Waals surface area contributed by atoms with E-state index in [4.69, 9.17) is 4.74 Å². The van der Waals surface area contributed by atoms with Crippen LogP contribution in [0.1, 0.15) is 17.2 Å². The van der Waals surface area contributed by atoms with Gasteiger partial charge in [0.1, 0.15) is 17.4 Å². The fraction of sp³-hybridized carbons (Fsp3) is 0.269. The Kier molecular flexibility index (Phi) is 7.87. The molecule has 1 fully saturated rings. The van der Waals surface area contributed by atoms with Crippen LogP contribution in [0.3, 0.4) is 0 Å². The molecule has 0 bridgehead atoms. The summed E-state index contributed by atoms with van der Waals surface area (Å²) in [5.74, 6) is -0.692. The number of piperazine rings is 1. The molecule has 1 saturated heterocycles. The second-order valence-electron chi connectivity index (χ2n) is 8.51. The van der Waals surface area contributed by atoms with Crippen LogP contribution in [-0.2, 0) is 4.79 Å². The molecule has 0 aromatic heterocycles. The van der Waals surface area contributed by atoms with Gasteiger partial charge in [-0.1, -0.05) is 24.3 Å². The summed E-state index contributed by atoms with van der Waals surface area (Å²) < 4.78 is 32.2. The Bertz CT molecular complexity index is 1170. The molecular weight excluding hydrogens is 470 g/mol. The number of benzene rings is 3. The normalized spacial score (nSPS) is 14.6. The van der Waals surface area contributed by atoms with E-state index in [0.29, 0.717) is 31.9 Å². The van der Waals surface area contributed by atoms with Gasteiger partial charge in [0.2, 0.25) is 5.91 Å². The summed E-state index contributed by atoms with van der Waals surface area (Å²) in [7, 11) is 1.38. The molecule has 0 saturated carbocycles. The number of ether oxygens (including phenoxy) is 1. The minimum Gasteiger partial charge on any atom is -0.494 e. The van der Waals surface area contributed by atoms with E-state index in [0.717, 1.165) is 11.1 Å². The van der Waals surface area contributed by atoms with Crippen LogP contribution in [0.4, 0.5) is 20.2 Å².